The number of nitrogens with zero attached hydrogens (tertiary/aromatic N) is 2. The third-order valence-electron chi connectivity index (χ3n) is 2.59. The quantitative estimate of drug-likeness (QED) is 0.883. The summed E-state index contributed by atoms with van der Waals surface area (Å²) in [6.45, 7) is 4.85. The molecule has 0 radical (unpaired) electrons. The number of carbonyl (C=O) groups excluding carboxylic acids is 1. The van der Waals surface area contributed by atoms with Crippen molar-refractivity contribution in [3.8, 4) is 11.6 Å². The van der Waals surface area contributed by atoms with Crippen molar-refractivity contribution in [3.05, 3.63) is 42.4 Å². The van der Waals surface area contributed by atoms with E-state index >= 15 is 0 Å². The zero-order valence-electron chi connectivity index (χ0n) is 12.0. The van der Waals surface area contributed by atoms with Crippen LogP contribution in [0.25, 0.3) is 0 Å². The summed E-state index contributed by atoms with van der Waals surface area (Å²) >= 11 is 0. The fourth-order valence-corrected chi connectivity index (χ4v) is 1.69. The van der Waals surface area contributed by atoms with Crippen LogP contribution in [0.5, 0.6) is 11.6 Å². The molecule has 21 heavy (non-hydrogen) atoms. The fraction of sp³-hybridized carbons (Fsp3) is 0.267. The van der Waals surface area contributed by atoms with Crippen LogP contribution < -0.4 is 14.8 Å². The summed E-state index contributed by atoms with van der Waals surface area (Å²) in [5.74, 6) is 0.822. The smallest absolute Gasteiger partial charge is 0.274 e. The molecule has 1 aromatic heterocycles. The van der Waals surface area contributed by atoms with E-state index in [0.717, 1.165) is 5.75 Å². The van der Waals surface area contributed by atoms with Gasteiger partial charge in [0.1, 0.15) is 17.8 Å². The molecule has 0 bridgehead atoms. The van der Waals surface area contributed by atoms with Crippen LogP contribution in [0.3, 0.4) is 0 Å². The van der Waals surface area contributed by atoms with Gasteiger partial charge in [0, 0.05) is 11.8 Å². The number of benzene rings is 1. The summed E-state index contributed by atoms with van der Waals surface area (Å²) in [7, 11) is 0. The Balaban J connectivity index is 2.05. The summed E-state index contributed by atoms with van der Waals surface area (Å²) in [4.78, 5) is 20.0. The molecule has 0 aliphatic rings. The molecule has 1 aromatic carbocycles. The van der Waals surface area contributed by atoms with Crippen molar-refractivity contribution in [2.45, 2.75) is 13.8 Å². The lowest BCUT2D eigenvalue weighted by atomic mass is 10.3. The molecule has 6 nitrogen and oxygen atoms in total. The summed E-state index contributed by atoms with van der Waals surface area (Å²) in [5.41, 5.74) is 0.919. The zero-order chi connectivity index (χ0) is 15.1. The fourth-order valence-electron chi connectivity index (χ4n) is 1.69. The van der Waals surface area contributed by atoms with Crippen LogP contribution in [0.4, 0.5) is 5.69 Å². The van der Waals surface area contributed by atoms with Gasteiger partial charge < -0.3 is 14.8 Å². The van der Waals surface area contributed by atoms with Gasteiger partial charge in [0.15, 0.2) is 0 Å². The van der Waals surface area contributed by atoms with E-state index in [1.54, 1.807) is 24.3 Å². The van der Waals surface area contributed by atoms with Gasteiger partial charge in [0.25, 0.3) is 5.91 Å². The van der Waals surface area contributed by atoms with Crippen LogP contribution >= 0.6 is 0 Å². The third-order valence-corrected chi connectivity index (χ3v) is 2.59. The first-order valence-electron chi connectivity index (χ1n) is 6.72. The molecule has 0 saturated carbocycles. The van der Waals surface area contributed by atoms with Gasteiger partial charge in [-0.3, -0.25) is 4.79 Å². The van der Waals surface area contributed by atoms with E-state index in [0.29, 0.717) is 24.8 Å². The number of amides is 1. The number of ether oxygens (including phenoxy) is 2. The van der Waals surface area contributed by atoms with Crippen molar-refractivity contribution in [3.63, 3.8) is 0 Å². The van der Waals surface area contributed by atoms with Crippen molar-refractivity contribution in [1.82, 2.24) is 9.97 Å². The van der Waals surface area contributed by atoms with Crippen LogP contribution in [-0.4, -0.2) is 29.1 Å². The highest BCUT2D eigenvalue weighted by molar-refractivity contribution is 6.02. The molecule has 2 aromatic rings. The zero-order valence-corrected chi connectivity index (χ0v) is 12.0. The number of hydrogen-bond donors (Lipinski definition) is 1. The average Bonchev–Trinajstić information content (AvgIpc) is 2.50. The first-order chi connectivity index (χ1) is 10.2. The van der Waals surface area contributed by atoms with Crippen LogP contribution in [0, 0.1) is 0 Å². The Labute approximate surface area is 123 Å². The molecule has 0 atom stereocenters. The Bertz CT molecular complexity index is 599. The van der Waals surface area contributed by atoms with Crippen molar-refractivity contribution in [2.24, 2.45) is 0 Å². The maximum absolute atomic E-state index is 12.1. The molecule has 6 heteroatoms. The van der Waals surface area contributed by atoms with Crippen molar-refractivity contribution < 1.29 is 14.3 Å². The highest BCUT2D eigenvalue weighted by atomic mass is 16.5. The number of anilines is 1. The summed E-state index contributed by atoms with van der Waals surface area (Å²) in [5, 5.41) is 2.76. The Morgan fingerprint density at radius 2 is 1.81 bits per heavy atom. The minimum Gasteiger partial charge on any atom is -0.494 e. The number of rotatable bonds is 6. The second-order valence-corrected chi connectivity index (χ2v) is 4.09. The minimum absolute atomic E-state index is 0.252. The van der Waals surface area contributed by atoms with Gasteiger partial charge in [0.2, 0.25) is 5.88 Å². The first kappa shape index (κ1) is 14.8. The average molecular weight is 287 g/mol. The van der Waals surface area contributed by atoms with Gasteiger partial charge in [-0.15, -0.1) is 0 Å². The monoisotopic (exact) mass is 287 g/mol. The number of nitrogens with one attached hydrogen (secondary N) is 1. The van der Waals surface area contributed by atoms with E-state index in [9.17, 15) is 4.79 Å². The molecule has 0 spiro atoms. The summed E-state index contributed by atoms with van der Waals surface area (Å²) in [6.07, 6.45) is 1.30. The van der Waals surface area contributed by atoms with Crippen LogP contribution in [0.2, 0.25) is 0 Å². The van der Waals surface area contributed by atoms with E-state index in [1.165, 1.54) is 12.4 Å². The number of carbonyl (C=O) groups is 1. The van der Waals surface area contributed by atoms with Crippen LogP contribution in [0.1, 0.15) is 24.3 Å². The van der Waals surface area contributed by atoms with Gasteiger partial charge >= 0.3 is 0 Å². The van der Waals surface area contributed by atoms with Crippen LogP contribution in [0.15, 0.2) is 36.7 Å². The molecule has 110 valence electrons. The Morgan fingerprint density at radius 1 is 1.10 bits per heavy atom. The highest BCUT2D eigenvalue weighted by Gasteiger charge is 2.09. The Hall–Kier alpha value is -2.63. The lowest BCUT2D eigenvalue weighted by Crippen LogP contribution is -2.14. The van der Waals surface area contributed by atoms with Gasteiger partial charge in [-0.1, -0.05) is 0 Å². The molecule has 0 unspecified atom stereocenters. The van der Waals surface area contributed by atoms with E-state index in [-0.39, 0.29) is 11.6 Å². The maximum atomic E-state index is 12.1. The number of aromatic nitrogens is 2. The lowest BCUT2D eigenvalue weighted by Gasteiger charge is -2.07. The topological polar surface area (TPSA) is 73.3 Å². The van der Waals surface area contributed by atoms with E-state index in [1.807, 2.05) is 13.8 Å². The predicted octanol–water partition coefficient (Wildman–Crippen LogP) is 2.53. The van der Waals surface area contributed by atoms with E-state index < -0.39 is 0 Å². The molecule has 1 N–H and O–H groups in total. The standard InChI is InChI=1S/C15H17N3O3/c1-3-20-12-7-5-11(6-8-12)18-15(19)13-9-14(21-4-2)17-10-16-13/h5-10H,3-4H2,1-2H3,(H,18,19). The molecule has 1 heterocycles. The predicted molar refractivity (Wildman–Crippen MR) is 78.8 cm³/mol. The molecule has 0 aliphatic heterocycles. The van der Waals surface area contributed by atoms with Crippen molar-refractivity contribution in [2.75, 3.05) is 18.5 Å². The summed E-state index contributed by atoms with van der Waals surface area (Å²) in [6, 6.07) is 8.64. The molecule has 0 aliphatic carbocycles. The van der Waals surface area contributed by atoms with Crippen molar-refractivity contribution >= 4 is 11.6 Å². The van der Waals surface area contributed by atoms with Gasteiger partial charge in [0.05, 0.1) is 13.2 Å². The van der Waals surface area contributed by atoms with Crippen molar-refractivity contribution in [1.29, 1.82) is 0 Å². The van der Waals surface area contributed by atoms with Gasteiger partial charge in [-0.05, 0) is 38.1 Å². The molecule has 0 fully saturated rings. The largest absolute Gasteiger partial charge is 0.494 e. The minimum atomic E-state index is -0.317. The molecule has 2 rings (SSSR count). The normalized spacial score (nSPS) is 10.0. The van der Waals surface area contributed by atoms with E-state index in [2.05, 4.69) is 15.3 Å². The second-order valence-electron chi connectivity index (χ2n) is 4.09. The molecule has 1 amide bonds. The first-order valence-corrected chi connectivity index (χ1v) is 6.72. The summed E-state index contributed by atoms with van der Waals surface area (Å²) < 4.78 is 10.6. The van der Waals surface area contributed by atoms with Crippen LogP contribution in [-0.2, 0) is 0 Å². The Morgan fingerprint density at radius 3 is 2.48 bits per heavy atom. The number of hydrogen-bond acceptors (Lipinski definition) is 5. The van der Waals surface area contributed by atoms with Gasteiger partial charge in [-0.25, -0.2) is 9.97 Å². The maximum Gasteiger partial charge on any atom is 0.274 e. The second kappa shape index (κ2) is 7.23. The Kier molecular flexibility index (Phi) is 5.09. The lowest BCUT2D eigenvalue weighted by molar-refractivity contribution is 0.102. The van der Waals surface area contributed by atoms with Gasteiger partial charge in [-0.2, -0.15) is 0 Å². The molecule has 0 saturated heterocycles. The highest BCUT2D eigenvalue weighted by Crippen LogP contribution is 2.16. The van der Waals surface area contributed by atoms with E-state index in [4.69, 9.17) is 9.47 Å². The molecular weight excluding hydrogens is 270 g/mol. The SMILES string of the molecule is CCOc1ccc(NC(=O)c2cc(OCC)ncn2)cc1. The third kappa shape index (κ3) is 4.17. The molecular formula is C15H17N3O3.